The number of ether oxygens (including phenoxy) is 2. The summed E-state index contributed by atoms with van der Waals surface area (Å²) in [5, 5.41) is 0. The smallest absolute Gasteiger partial charge is 0.340 e. The molecule has 0 bridgehead atoms. The lowest BCUT2D eigenvalue weighted by Gasteiger charge is -2.29. The largest absolute Gasteiger partial charge is 0.462 e. The van der Waals surface area contributed by atoms with Gasteiger partial charge in [-0.05, 0) is 24.6 Å². The Kier molecular flexibility index (Phi) is 5.23. The Balaban J connectivity index is 2.33. The van der Waals surface area contributed by atoms with Gasteiger partial charge in [0.1, 0.15) is 5.57 Å². The molecule has 9 nitrogen and oxygen atoms in total. The third-order valence-electron chi connectivity index (χ3n) is 4.93. The normalized spacial score (nSPS) is 15.6. The zero-order valence-corrected chi connectivity index (χ0v) is 17.1. The standard InChI is InChI=1S/C20H24N4O5/c1-6-28-19(26)14-13(11-7-9-12(10-8-11)22(2)3)15-17(25)23(4)20(27)24(5)18(15)29-16(14)21/h7-10,13H,6,21H2,1-5H3/t13-/m0/s1. The fraction of sp³-hybridized carbons (Fsp3) is 0.350. The Morgan fingerprint density at radius 3 is 2.34 bits per heavy atom. The van der Waals surface area contributed by atoms with Gasteiger partial charge in [-0.25, -0.2) is 9.59 Å². The molecular formula is C20H24N4O5. The molecule has 9 heteroatoms. The van der Waals surface area contributed by atoms with Crippen molar-refractivity contribution in [3.8, 4) is 5.88 Å². The van der Waals surface area contributed by atoms with Crippen LogP contribution in [0.25, 0.3) is 0 Å². The highest BCUT2D eigenvalue weighted by Gasteiger charge is 2.39. The van der Waals surface area contributed by atoms with E-state index in [0.717, 1.165) is 10.3 Å². The first kappa shape index (κ1) is 20.2. The van der Waals surface area contributed by atoms with Crippen LogP contribution in [0, 0.1) is 0 Å². The summed E-state index contributed by atoms with van der Waals surface area (Å²) in [5.74, 6) is -1.68. The van der Waals surface area contributed by atoms with Gasteiger partial charge < -0.3 is 20.1 Å². The number of esters is 1. The Bertz CT molecular complexity index is 1110. The summed E-state index contributed by atoms with van der Waals surface area (Å²) in [6.07, 6.45) is 0. The molecule has 0 saturated heterocycles. The third kappa shape index (κ3) is 3.28. The van der Waals surface area contributed by atoms with Crippen LogP contribution in [-0.2, 0) is 23.6 Å². The highest BCUT2D eigenvalue weighted by atomic mass is 16.5. The van der Waals surface area contributed by atoms with Gasteiger partial charge in [-0.3, -0.25) is 13.9 Å². The van der Waals surface area contributed by atoms with E-state index in [1.165, 1.54) is 18.7 Å². The number of fused-ring (bicyclic) bond motifs is 1. The number of carbonyl (C=O) groups excluding carboxylic acids is 1. The van der Waals surface area contributed by atoms with Gasteiger partial charge >= 0.3 is 11.7 Å². The molecule has 0 aliphatic carbocycles. The number of anilines is 1. The molecule has 0 amide bonds. The van der Waals surface area contributed by atoms with Crippen molar-refractivity contribution < 1.29 is 14.3 Å². The van der Waals surface area contributed by atoms with Crippen LogP contribution in [0.4, 0.5) is 5.69 Å². The maximum absolute atomic E-state index is 13.0. The lowest BCUT2D eigenvalue weighted by molar-refractivity contribution is -0.139. The Hall–Kier alpha value is -3.49. The molecule has 1 aromatic carbocycles. The van der Waals surface area contributed by atoms with Gasteiger partial charge in [0.05, 0.1) is 18.1 Å². The van der Waals surface area contributed by atoms with Crippen LogP contribution in [0.1, 0.15) is 24.0 Å². The van der Waals surface area contributed by atoms with Gasteiger partial charge in [0.2, 0.25) is 11.8 Å². The summed E-state index contributed by atoms with van der Waals surface area (Å²) in [6, 6.07) is 7.37. The summed E-state index contributed by atoms with van der Waals surface area (Å²) < 4.78 is 12.9. The van der Waals surface area contributed by atoms with Crippen LogP contribution in [0.5, 0.6) is 5.88 Å². The molecule has 29 heavy (non-hydrogen) atoms. The van der Waals surface area contributed by atoms with Crippen LogP contribution in [-0.4, -0.2) is 35.8 Å². The van der Waals surface area contributed by atoms with E-state index in [0.29, 0.717) is 5.56 Å². The minimum atomic E-state index is -0.834. The van der Waals surface area contributed by atoms with Gasteiger partial charge in [-0.1, -0.05) is 12.1 Å². The fourth-order valence-corrected chi connectivity index (χ4v) is 3.39. The predicted octanol–water partition coefficient (Wildman–Crippen LogP) is 0.408. The van der Waals surface area contributed by atoms with E-state index in [4.69, 9.17) is 15.2 Å². The van der Waals surface area contributed by atoms with Crippen molar-refractivity contribution in [1.82, 2.24) is 9.13 Å². The van der Waals surface area contributed by atoms with Crippen molar-refractivity contribution in [2.75, 3.05) is 25.6 Å². The molecular weight excluding hydrogens is 376 g/mol. The van der Waals surface area contributed by atoms with Crippen LogP contribution < -0.4 is 26.6 Å². The maximum atomic E-state index is 13.0. The lowest BCUT2D eigenvalue weighted by atomic mass is 9.84. The molecule has 0 unspecified atom stereocenters. The lowest BCUT2D eigenvalue weighted by Crippen LogP contribution is -2.43. The Labute approximate surface area is 167 Å². The quantitative estimate of drug-likeness (QED) is 0.741. The van der Waals surface area contributed by atoms with Crippen molar-refractivity contribution in [2.24, 2.45) is 19.8 Å². The summed E-state index contributed by atoms with van der Waals surface area (Å²) >= 11 is 0. The average Bonchev–Trinajstić information content (AvgIpc) is 2.69. The molecule has 1 aliphatic heterocycles. The summed E-state index contributed by atoms with van der Waals surface area (Å²) in [7, 11) is 6.68. The van der Waals surface area contributed by atoms with E-state index in [2.05, 4.69) is 0 Å². The van der Waals surface area contributed by atoms with E-state index in [-0.39, 0.29) is 29.5 Å². The van der Waals surface area contributed by atoms with Crippen molar-refractivity contribution in [3.05, 3.63) is 67.7 Å². The van der Waals surface area contributed by atoms with Crippen LogP contribution in [0.15, 0.2) is 45.3 Å². The second kappa shape index (κ2) is 7.50. The van der Waals surface area contributed by atoms with E-state index >= 15 is 0 Å². The van der Waals surface area contributed by atoms with Crippen molar-refractivity contribution in [3.63, 3.8) is 0 Å². The summed E-state index contributed by atoms with van der Waals surface area (Å²) in [4.78, 5) is 40.0. The van der Waals surface area contributed by atoms with E-state index in [9.17, 15) is 14.4 Å². The van der Waals surface area contributed by atoms with Crippen molar-refractivity contribution in [2.45, 2.75) is 12.8 Å². The second-order valence-corrected chi connectivity index (χ2v) is 6.94. The topological polar surface area (TPSA) is 109 Å². The Morgan fingerprint density at radius 2 is 1.79 bits per heavy atom. The maximum Gasteiger partial charge on any atom is 0.340 e. The molecule has 2 aromatic rings. The van der Waals surface area contributed by atoms with Crippen LogP contribution >= 0.6 is 0 Å². The zero-order valence-electron chi connectivity index (χ0n) is 17.1. The third-order valence-corrected chi connectivity index (χ3v) is 4.93. The molecule has 0 radical (unpaired) electrons. The predicted molar refractivity (Wildman–Crippen MR) is 108 cm³/mol. The minimum Gasteiger partial charge on any atom is -0.462 e. The number of rotatable bonds is 4. The van der Waals surface area contributed by atoms with Gasteiger partial charge in [-0.2, -0.15) is 0 Å². The molecule has 0 spiro atoms. The number of aromatic nitrogens is 2. The molecule has 1 atom stereocenters. The molecule has 2 heterocycles. The highest BCUT2D eigenvalue weighted by molar-refractivity contribution is 5.92. The number of nitrogens with zero attached hydrogens (tertiary/aromatic N) is 3. The number of carbonyl (C=O) groups is 1. The van der Waals surface area contributed by atoms with E-state index in [1.807, 2.05) is 43.3 Å². The summed E-state index contributed by atoms with van der Waals surface area (Å²) in [6.45, 7) is 1.82. The molecule has 1 aliphatic rings. The van der Waals surface area contributed by atoms with Gasteiger partial charge in [0.25, 0.3) is 5.56 Å². The fourth-order valence-electron chi connectivity index (χ4n) is 3.39. The minimum absolute atomic E-state index is 0.0188. The van der Waals surface area contributed by atoms with Gasteiger partial charge in [-0.15, -0.1) is 0 Å². The molecule has 3 rings (SSSR count). The summed E-state index contributed by atoms with van der Waals surface area (Å²) in [5.41, 5.74) is 6.75. The molecule has 1 aromatic heterocycles. The molecule has 0 saturated carbocycles. The first-order valence-corrected chi connectivity index (χ1v) is 9.10. The van der Waals surface area contributed by atoms with Crippen molar-refractivity contribution in [1.29, 1.82) is 0 Å². The molecule has 0 fully saturated rings. The number of benzene rings is 1. The Morgan fingerprint density at radius 1 is 1.17 bits per heavy atom. The van der Waals surface area contributed by atoms with E-state index in [1.54, 1.807) is 6.92 Å². The monoisotopic (exact) mass is 400 g/mol. The second-order valence-electron chi connectivity index (χ2n) is 6.94. The van der Waals surface area contributed by atoms with Crippen molar-refractivity contribution >= 4 is 11.7 Å². The first-order valence-electron chi connectivity index (χ1n) is 9.10. The van der Waals surface area contributed by atoms with E-state index < -0.39 is 23.1 Å². The molecule has 154 valence electrons. The zero-order chi connectivity index (χ0) is 21.5. The average molecular weight is 400 g/mol. The first-order chi connectivity index (χ1) is 13.7. The SMILES string of the molecule is CCOC(=O)C1=C(N)Oc2c(c(=O)n(C)c(=O)n2C)[C@H]1c1ccc(N(C)C)cc1. The number of hydrogen-bond donors (Lipinski definition) is 1. The van der Waals surface area contributed by atoms with Crippen LogP contribution in [0.2, 0.25) is 0 Å². The highest BCUT2D eigenvalue weighted by Crippen LogP contribution is 2.40. The number of nitrogens with two attached hydrogens (primary N) is 1. The molecule has 2 N–H and O–H groups in total. The number of hydrogen-bond acceptors (Lipinski definition) is 7. The van der Waals surface area contributed by atoms with Gasteiger partial charge in [0, 0.05) is 33.9 Å². The van der Waals surface area contributed by atoms with Crippen LogP contribution in [0.3, 0.4) is 0 Å². The van der Waals surface area contributed by atoms with Gasteiger partial charge in [0.15, 0.2) is 0 Å².